The Hall–Kier alpha value is -0.190. The quantitative estimate of drug-likeness (QED) is 0.869. The second kappa shape index (κ2) is 5.94. The number of anilines is 1. The Bertz CT molecular complexity index is 333. The summed E-state index contributed by atoms with van der Waals surface area (Å²) in [6.07, 6.45) is 2.35. The second-order valence-corrected chi connectivity index (χ2v) is 6.22. The predicted molar refractivity (Wildman–Crippen MR) is 73.7 cm³/mol. The van der Waals surface area contributed by atoms with E-state index in [1.807, 2.05) is 17.8 Å². The van der Waals surface area contributed by atoms with Crippen LogP contribution in [0.15, 0.2) is 22.7 Å². The molecule has 1 saturated heterocycles. The van der Waals surface area contributed by atoms with Crippen molar-refractivity contribution < 1.29 is 4.74 Å². The molecule has 16 heavy (non-hydrogen) atoms. The Morgan fingerprint density at radius 2 is 2.06 bits per heavy atom. The second-order valence-electron chi connectivity index (χ2n) is 4.02. The molecule has 1 fully saturated rings. The minimum atomic E-state index is 0.744. The van der Waals surface area contributed by atoms with E-state index in [4.69, 9.17) is 10.5 Å². The molecule has 0 spiro atoms. The summed E-state index contributed by atoms with van der Waals surface area (Å²) in [5, 5.41) is 0.744. The van der Waals surface area contributed by atoms with E-state index in [9.17, 15) is 0 Å². The van der Waals surface area contributed by atoms with Crippen LogP contribution in [0.25, 0.3) is 0 Å². The molecule has 1 aliphatic heterocycles. The Labute approximate surface area is 109 Å². The van der Waals surface area contributed by atoms with E-state index in [1.165, 1.54) is 18.4 Å². The van der Waals surface area contributed by atoms with Crippen LogP contribution in [-0.2, 0) is 10.5 Å². The number of rotatable bonds is 3. The topological polar surface area (TPSA) is 35.2 Å². The van der Waals surface area contributed by atoms with Crippen molar-refractivity contribution in [2.75, 3.05) is 18.9 Å². The average Bonchev–Trinajstić information content (AvgIpc) is 2.27. The van der Waals surface area contributed by atoms with Crippen molar-refractivity contribution in [3.05, 3.63) is 28.2 Å². The Morgan fingerprint density at radius 1 is 1.31 bits per heavy atom. The summed E-state index contributed by atoms with van der Waals surface area (Å²) in [5.74, 6) is 1.04. The molecule has 1 aromatic rings. The molecule has 4 heteroatoms. The highest BCUT2D eigenvalue weighted by molar-refractivity contribution is 9.10. The van der Waals surface area contributed by atoms with Crippen LogP contribution in [0.4, 0.5) is 5.69 Å². The number of hydrogen-bond acceptors (Lipinski definition) is 3. The zero-order valence-electron chi connectivity index (χ0n) is 9.12. The highest BCUT2D eigenvalue weighted by atomic mass is 79.9. The minimum absolute atomic E-state index is 0.744. The summed E-state index contributed by atoms with van der Waals surface area (Å²) >= 11 is 5.48. The third-order valence-electron chi connectivity index (χ3n) is 2.63. The summed E-state index contributed by atoms with van der Waals surface area (Å²) < 4.78 is 6.41. The van der Waals surface area contributed by atoms with E-state index >= 15 is 0 Å². The number of nitrogen functional groups attached to an aromatic ring is 1. The Morgan fingerprint density at radius 3 is 2.75 bits per heavy atom. The maximum Gasteiger partial charge on any atom is 0.0476 e. The van der Waals surface area contributed by atoms with E-state index < -0.39 is 0 Å². The largest absolute Gasteiger partial charge is 0.399 e. The fourth-order valence-electron chi connectivity index (χ4n) is 1.82. The van der Waals surface area contributed by atoms with Gasteiger partial charge in [0.05, 0.1) is 0 Å². The van der Waals surface area contributed by atoms with Crippen molar-refractivity contribution in [1.82, 2.24) is 0 Å². The third kappa shape index (κ3) is 3.68. The smallest absolute Gasteiger partial charge is 0.0476 e. The van der Waals surface area contributed by atoms with Gasteiger partial charge >= 0.3 is 0 Å². The van der Waals surface area contributed by atoms with Gasteiger partial charge in [-0.05, 0) is 36.6 Å². The van der Waals surface area contributed by atoms with Gasteiger partial charge in [-0.15, -0.1) is 0 Å². The molecular weight excluding hydrogens is 286 g/mol. The van der Waals surface area contributed by atoms with Crippen molar-refractivity contribution in [2.45, 2.75) is 23.8 Å². The maximum atomic E-state index is 5.81. The molecule has 0 saturated carbocycles. The van der Waals surface area contributed by atoms with Crippen molar-refractivity contribution in [3.8, 4) is 0 Å². The molecule has 0 aliphatic carbocycles. The Kier molecular flexibility index (Phi) is 4.55. The molecule has 0 unspecified atom stereocenters. The van der Waals surface area contributed by atoms with E-state index in [1.54, 1.807) is 0 Å². The molecule has 0 aromatic heterocycles. The first-order chi connectivity index (χ1) is 7.74. The summed E-state index contributed by atoms with van der Waals surface area (Å²) in [4.78, 5) is 0. The zero-order chi connectivity index (χ0) is 11.4. The first kappa shape index (κ1) is 12.3. The first-order valence-corrected chi connectivity index (χ1v) is 7.32. The van der Waals surface area contributed by atoms with Gasteiger partial charge in [-0.1, -0.05) is 15.9 Å². The lowest BCUT2D eigenvalue weighted by atomic mass is 10.2. The molecule has 1 heterocycles. The van der Waals surface area contributed by atoms with Crippen LogP contribution in [0.1, 0.15) is 18.4 Å². The number of hydrogen-bond donors (Lipinski definition) is 1. The van der Waals surface area contributed by atoms with Crippen molar-refractivity contribution in [2.24, 2.45) is 0 Å². The van der Waals surface area contributed by atoms with Crippen LogP contribution in [0, 0.1) is 0 Å². The van der Waals surface area contributed by atoms with Gasteiger partial charge in [0, 0.05) is 34.4 Å². The monoisotopic (exact) mass is 301 g/mol. The van der Waals surface area contributed by atoms with Crippen LogP contribution in [0.5, 0.6) is 0 Å². The number of thioether (sulfide) groups is 1. The van der Waals surface area contributed by atoms with Gasteiger partial charge in [-0.25, -0.2) is 0 Å². The molecule has 2 rings (SSSR count). The molecule has 88 valence electrons. The van der Waals surface area contributed by atoms with Gasteiger partial charge < -0.3 is 10.5 Å². The molecule has 0 bridgehead atoms. The minimum Gasteiger partial charge on any atom is -0.399 e. The number of benzene rings is 1. The summed E-state index contributed by atoms with van der Waals surface area (Å²) in [6.45, 7) is 1.83. The fourth-order valence-corrected chi connectivity index (χ4v) is 3.49. The normalized spacial score (nSPS) is 17.6. The SMILES string of the molecule is Nc1cc(Br)cc(CSC2CCOCC2)c1. The summed E-state index contributed by atoms with van der Waals surface area (Å²) in [7, 11) is 0. The van der Waals surface area contributed by atoms with E-state index in [0.29, 0.717) is 0 Å². The van der Waals surface area contributed by atoms with Crippen LogP contribution in [0.3, 0.4) is 0 Å². The van der Waals surface area contributed by atoms with Gasteiger partial charge in [0.2, 0.25) is 0 Å². The summed E-state index contributed by atoms with van der Waals surface area (Å²) in [6, 6.07) is 6.13. The van der Waals surface area contributed by atoms with Crippen LogP contribution in [0.2, 0.25) is 0 Å². The standard InChI is InChI=1S/C12H16BrNOS/c13-10-5-9(6-11(14)7-10)8-16-12-1-3-15-4-2-12/h5-7,12H,1-4,8,14H2. The molecule has 0 atom stereocenters. The average molecular weight is 302 g/mol. The number of nitrogens with two attached hydrogens (primary N) is 1. The van der Waals surface area contributed by atoms with Crippen molar-refractivity contribution in [3.63, 3.8) is 0 Å². The molecular formula is C12H16BrNOS. The zero-order valence-corrected chi connectivity index (χ0v) is 11.5. The van der Waals surface area contributed by atoms with Gasteiger partial charge in [-0.3, -0.25) is 0 Å². The lowest BCUT2D eigenvalue weighted by Gasteiger charge is -2.21. The fraction of sp³-hybridized carbons (Fsp3) is 0.500. The number of halogens is 1. The van der Waals surface area contributed by atoms with Crippen molar-refractivity contribution in [1.29, 1.82) is 0 Å². The molecule has 1 aromatic carbocycles. The Balaban J connectivity index is 1.88. The van der Waals surface area contributed by atoms with E-state index in [0.717, 1.165) is 34.4 Å². The summed E-state index contributed by atoms with van der Waals surface area (Å²) in [5.41, 5.74) is 7.93. The molecule has 0 amide bonds. The molecule has 1 aliphatic rings. The van der Waals surface area contributed by atoms with Crippen LogP contribution in [-0.4, -0.2) is 18.5 Å². The van der Waals surface area contributed by atoms with E-state index in [-0.39, 0.29) is 0 Å². The maximum absolute atomic E-state index is 5.81. The van der Waals surface area contributed by atoms with Gasteiger partial charge in [0.25, 0.3) is 0 Å². The van der Waals surface area contributed by atoms with Crippen LogP contribution >= 0.6 is 27.7 Å². The number of ether oxygens (including phenoxy) is 1. The highest BCUT2D eigenvalue weighted by Crippen LogP contribution is 2.27. The molecule has 2 nitrogen and oxygen atoms in total. The molecule has 2 N–H and O–H groups in total. The molecule has 0 radical (unpaired) electrons. The lowest BCUT2D eigenvalue weighted by Crippen LogP contribution is -2.17. The van der Waals surface area contributed by atoms with Crippen molar-refractivity contribution >= 4 is 33.4 Å². The predicted octanol–water partition coefficient (Wildman–Crippen LogP) is 3.44. The first-order valence-electron chi connectivity index (χ1n) is 5.48. The van der Waals surface area contributed by atoms with Gasteiger partial charge in [-0.2, -0.15) is 11.8 Å². The van der Waals surface area contributed by atoms with Gasteiger partial charge in [0.15, 0.2) is 0 Å². The van der Waals surface area contributed by atoms with Crippen LogP contribution < -0.4 is 5.73 Å². The van der Waals surface area contributed by atoms with Gasteiger partial charge in [0.1, 0.15) is 0 Å². The van der Waals surface area contributed by atoms with E-state index in [2.05, 4.69) is 28.1 Å². The highest BCUT2D eigenvalue weighted by Gasteiger charge is 2.14. The third-order valence-corrected chi connectivity index (χ3v) is 4.53. The lowest BCUT2D eigenvalue weighted by molar-refractivity contribution is 0.1000.